The van der Waals surface area contributed by atoms with E-state index < -0.39 is 0 Å². The van der Waals surface area contributed by atoms with Crippen molar-refractivity contribution in [1.82, 2.24) is 0 Å². The Kier molecular flexibility index (Phi) is 1.46. The number of fused-ring (bicyclic) bond motifs is 1. The minimum Gasteiger partial charge on any atom is -0.0984 e. The first-order valence-corrected chi connectivity index (χ1v) is 4.48. The smallest absolute Gasteiger partial charge is 0.0276 e. The SMILES string of the molecule is CCC1=CC2C=CC=C2S1. The third-order valence-corrected chi connectivity index (χ3v) is 3.20. The molecule has 0 N–H and O–H groups in total. The quantitative estimate of drug-likeness (QED) is 0.553. The molecule has 1 aliphatic carbocycles. The molecule has 1 atom stereocenters. The minimum atomic E-state index is 0.639. The van der Waals surface area contributed by atoms with Crippen LogP contribution in [-0.4, -0.2) is 0 Å². The van der Waals surface area contributed by atoms with E-state index in [2.05, 4.69) is 31.2 Å². The van der Waals surface area contributed by atoms with Crippen LogP contribution >= 0.6 is 11.8 Å². The fourth-order valence-corrected chi connectivity index (χ4v) is 2.38. The van der Waals surface area contributed by atoms with Crippen LogP contribution in [0, 0.1) is 5.92 Å². The third kappa shape index (κ3) is 0.853. The van der Waals surface area contributed by atoms with Crippen molar-refractivity contribution in [1.29, 1.82) is 0 Å². The summed E-state index contributed by atoms with van der Waals surface area (Å²) in [5.74, 6) is 0.639. The molecule has 1 heterocycles. The Labute approximate surface area is 65.7 Å². The van der Waals surface area contributed by atoms with Crippen LogP contribution in [0.4, 0.5) is 0 Å². The highest BCUT2D eigenvalue weighted by Gasteiger charge is 2.20. The summed E-state index contributed by atoms with van der Waals surface area (Å²) in [5.41, 5.74) is 0. The summed E-state index contributed by atoms with van der Waals surface area (Å²) >= 11 is 1.94. The van der Waals surface area contributed by atoms with Crippen LogP contribution in [-0.2, 0) is 0 Å². The van der Waals surface area contributed by atoms with E-state index >= 15 is 0 Å². The molecule has 1 heteroatoms. The molecule has 0 nitrogen and oxygen atoms in total. The molecule has 0 bridgehead atoms. The van der Waals surface area contributed by atoms with Gasteiger partial charge < -0.3 is 0 Å². The predicted molar refractivity (Wildman–Crippen MR) is 46.7 cm³/mol. The lowest BCUT2D eigenvalue weighted by Crippen LogP contribution is -1.80. The zero-order valence-corrected chi connectivity index (χ0v) is 6.82. The topological polar surface area (TPSA) is 0 Å². The molecule has 0 fully saturated rings. The largest absolute Gasteiger partial charge is 0.0984 e. The Morgan fingerprint density at radius 2 is 2.50 bits per heavy atom. The maximum atomic E-state index is 2.36. The Morgan fingerprint density at radius 3 is 3.20 bits per heavy atom. The lowest BCUT2D eigenvalue weighted by molar-refractivity contribution is 1.06. The van der Waals surface area contributed by atoms with Crippen LogP contribution in [0.1, 0.15) is 13.3 Å². The maximum absolute atomic E-state index is 2.36. The van der Waals surface area contributed by atoms with E-state index in [1.54, 1.807) is 0 Å². The Hall–Kier alpha value is -0.430. The molecule has 0 aromatic carbocycles. The Bertz CT molecular complexity index is 233. The van der Waals surface area contributed by atoms with Crippen LogP contribution in [0.3, 0.4) is 0 Å². The summed E-state index contributed by atoms with van der Waals surface area (Å²) in [6.07, 6.45) is 10.2. The van der Waals surface area contributed by atoms with E-state index in [9.17, 15) is 0 Å². The third-order valence-electron chi connectivity index (χ3n) is 1.87. The second kappa shape index (κ2) is 2.31. The highest BCUT2D eigenvalue weighted by atomic mass is 32.2. The lowest BCUT2D eigenvalue weighted by atomic mass is 10.1. The lowest BCUT2D eigenvalue weighted by Gasteiger charge is -1.95. The van der Waals surface area contributed by atoms with Crippen molar-refractivity contribution in [2.75, 3.05) is 0 Å². The average molecular weight is 150 g/mol. The number of hydrogen-bond acceptors (Lipinski definition) is 1. The Balaban J connectivity index is 2.22. The standard InChI is InChI=1S/C9H10S/c1-2-8-6-7-4-3-5-9(7)10-8/h3-7H,2H2,1H3. The summed E-state index contributed by atoms with van der Waals surface area (Å²) in [6.45, 7) is 2.21. The van der Waals surface area contributed by atoms with Gasteiger partial charge in [0.15, 0.2) is 0 Å². The van der Waals surface area contributed by atoms with Crippen molar-refractivity contribution in [3.8, 4) is 0 Å². The number of allylic oxidation sites excluding steroid dienone is 6. The normalized spacial score (nSPS) is 28.3. The molecule has 0 saturated carbocycles. The monoisotopic (exact) mass is 150 g/mol. The van der Waals surface area contributed by atoms with Crippen LogP contribution in [0.25, 0.3) is 0 Å². The predicted octanol–water partition coefficient (Wildman–Crippen LogP) is 3.10. The van der Waals surface area contributed by atoms with E-state index in [1.165, 1.54) is 16.2 Å². The van der Waals surface area contributed by atoms with Crippen molar-refractivity contribution >= 4 is 11.8 Å². The first-order chi connectivity index (χ1) is 4.90. The van der Waals surface area contributed by atoms with Gasteiger partial charge in [0.25, 0.3) is 0 Å². The molecule has 0 spiro atoms. The fourth-order valence-electron chi connectivity index (χ4n) is 1.29. The van der Waals surface area contributed by atoms with Crippen molar-refractivity contribution in [2.24, 2.45) is 5.92 Å². The molecule has 0 radical (unpaired) electrons. The van der Waals surface area contributed by atoms with E-state index in [1.807, 2.05) is 11.8 Å². The van der Waals surface area contributed by atoms with E-state index in [-0.39, 0.29) is 0 Å². The second-order valence-electron chi connectivity index (χ2n) is 2.57. The van der Waals surface area contributed by atoms with E-state index in [0.29, 0.717) is 5.92 Å². The van der Waals surface area contributed by atoms with E-state index in [0.717, 1.165) is 0 Å². The van der Waals surface area contributed by atoms with Crippen LogP contribution < -0.4 is 0 Å². The molecule has 0 aromatic rings. The molecule has 2 rings (SSSR count). The van der Waals surface area contributed by atoms with Gasteiger partial charge in [-0.25, -0.2) is 0 Å². The van der Waals surface area contributed by atoms with Gasteiger partial charge in [-0.3, -0.25) is 0 Å². The van der Waals surface area contributed by atoms with Gasteiger partial charge in [-0.05, 0) is 11.3 Å². The van der Waals surface area contributed by atoms with Crippen LogP contribution in [0.2, 0.25) is 0 Å². The Morgan fingerprint density at radius 1 is 1.60 bits per heavy atom. The first-order valence-electron chi connectivity index (χ1n) is 3.67. The number of rotatable bonds is 1. The van der Waals surface area contributed by atoms with Crippen LogP contribution in [0.15, 0.2) is 34.1 Å². The van der Waals surface area contributed by atoms with Gasteiger partial charge in [-0.15, -0.1) is 0 Å². The van der Waals surface area contributed by atoms with Gasteiger partial charge in [0, 0.05) is 10.8 Å². The van der Waals surface area contributed by atoms with E-state index in [4.69, 9.17) is 0 Å². The zero-order valence-electron chi connectivity index (χ0n) is 6.00. The van der Waals surface area contributed by atoms with Gasteiger partial charge in [-0.2, -0.15) is 0 Å². The highest BCUT2D eigenvalue weighted by molar-refractivity contribution is 8.07. The van der Waals surface area contributed by atoms with Crippen molar-refractivity contribution in [3.63, 3.8) is 0 Å². The molecule has 52 valence electrons. The second-order valence-corrected chi connectivity index (χ2v) is 3.77. The van der Waals surface area contributed by atoms with Gasteiger partial charge in [0.05, 0.1) is 0 Å². The molecule has 0 aromatic heterocycles. The molecular formula is C9H10S. The first kappa shape index (κ1) is 6.29. The molecular weight excluding hydrogens is 140 g/mol. The molecule has 0 amide bonds. The molecule has 1 aliphatic heterocycles. The average Bonchev–Trinajstić information content (AvgIpc) is 2.42. The van der Waals surface area contributed by atoms with Crippen molar-refractivity contribution in [3.05, 3.63) is 34.1 Å². The molecule has 1 unspecified atom stereocenters. The molecule has 10 heavy (non-hydrogen) atoms. The van der Waals surface area contributed by atoms with Gasteiger partial charge in [-0.1, -0.05) is 43.0 Å². The fraction of sp³-hybridized carbons (Fsp3) is 0.333. The van der Waals surface area contributed by atoms with Crippen molar-refractivity contribution < 1.29 is 0 Å². The summed E-state index contributed by atoms with van der Waals surface area (Å²) in [7, 11) is 0. The zero-order chi connectivity index (χ0) is 6.97. The molecule has 0 saturated heterocycles. The summed E-state index contributed by atoms with van der Waals surface area (Å²) in [4.78, 5) is 3.04. The highest BCUT2D eigenvalue weighted by Crippen LogP contribution is 2.44. The van der Waals surface area contributed by atoms with Crippen LogP contribution in [0.5, 0.6) is 0 Å². The minimum absolute atomic E-state index is 0.639. The van der Waals surface area contributed by atoms with Crippen molar-refractivity contribution in [2.45, 2.75) is 13.3 Å². The summed E-state index contributed by atoms with van der Waals surface area (Å²) in [6, 6.07) is 0. The van der Waals surface area contributed by atoms with Gasteiger partial charge in [0.2, 0.25) is 0 Å². The number of hydrogen-bond donors (Lipinski definition) is 0. The number of thioether (sulfide) groups is 1. The van der Waals surface area contributed by atoms with Gasteiger partial charge in [0.1, 0.15) is 0 Å². The summed E-state index contributed by atoms with van der Waals surface area (Å²) < 4.78 is 0. The van der Waals surface area contributed by atoms with Gasteiger partial charge >= 0.3 is 0 Å². The summed E-state index contributed by atoms with van der Waals surface area (Å²) in [5, 5.41) is 0. The molecule has 2 aliphatic rings. The maximum Gasteiger partial charge on any atom is 0.0276 e.